The Morgan fingerprint density at radius 2 is 2.08 bits per heavy atom. The van der Waals surface area contributed by atoms with Crippen LogP contribution in [0.4, 0.5) is 0 Å². The summed E-state index contributed by atoms with van der Waals surface area (Å²) < 4.78 is 1.90. The average molecular weight is 340 g/mol. The molecule has 0 spiro atoms. The van der Waals surface area contributed by atoms with E-state index in [1.54, 1.807) is 0 Å². The Morgan fingerprint density at radius 3 is 2.79 bits per heavy atom. The summed E-state index contributed by atoms with van der Waals surface area (Å²) in [7, 11) is 0. The second-order valence-electron chi connectivity index (χ2n) is 5.47. The molecule has 6 heteroatoms. The summed E-state index contributed by atoms with van der Waals surface area (Å²) in [5.41, 5.74) is 3.92. The third-order valence-corrected chi connectivity index (χ3v) is 3.86. The minimum Gasteiger partial charge on any atom is -0.477 e. The normalized spacial score (nSPS) is 10.5. The molecule has 0 bridgehead atoms. The molecule has 0 aliphatic carbocycles. The molecule has 0 radical (unpaired) electrons. The molecule has 0 saturated heterocycles. The number of carboxylic acids is 1. The number of hydrogen-bond acceptors (Lipinski definition) is 3. The molecule has 1 N–H and O–H groups in total. The van der Waals surface area contributed by atoms with Gasteiger partial charge in [-0.2, -0.15) is 0 Å². The Morgan fingerprint density at radius 1 is 1.29 bits per heavy atom. The number of pyridine rings is 1. The van der Waals surface area contributed by atoms with Crippen molar-refractivity contribution in [1.29, 1.82) is 0 Å². The van der Waals surface area contributed by atoms with Gasteiger partial charge >= 0.3 is 5.97 Å². The van der Waals surface area contributed by atoms with E-state index in [4.69, 9.17) is 11.6 Å². The lowest BCUT2D eigenvalue weighted by Gasteiger charge is -2.08. The first-order valence-corrected chi connectivity index (χ1v) is 7.65. The molecule has 0 saturated carbocycles. The zero-order chi connectivity index (χ0) is 17.3. The number of aromatic carboxylic acids is 1. The maximum atomic E-state index is 11.3. The summed E-state index contributed by atoms with van der Waals surface area (Å²) in [5.74, 6) is 2.53. The van der Waals surface area contributed by atoms with Crippen LogP contribution in [-0.2, 0) is 6.54 Å². The lowest BCUT2D eigenvalue weighted by atomic mass is 10.1. The van der Waals surface area contributed by atoms with Gasteiger partial charge in [0.25, 0.3) is 0 Å². The van der Waals surface area contributed by atoms with Crippen molar-refractivity contribution in [2.24, 2.45) is 0 Å². The first kappa shape index (κ1) is 16.0. The molecular formula is C18H14ClN3O2. The van der Waals surface area contributed by atoms with Gasteiger partial charge in [-0.3, -0.25) is 0 Å². The van der Waals surface area contributed by atoms with Gasteiger partial charge in [0.1, 0.15) is 11.3 Å². The van der Waals surface area contributed by atoms with Crippen LogP contribution < -0.4 is 0 Å². The smallest absolute Gasteiger partial charge is 0.354 e. The molecule has 3 rings (SSSR count). The number of halogens is 1. The van der Waals surface area contributed by atoms with Crippen LogP contribution in [0.3, 0.4) is 0 Å². The van der Waals surface area contributed by atoms with Gasteiger partial charge in [0, 0.05) is 10.9 Å². The number of rotatable bonds is 3. The Balaban J connectivity index is 2.11. The van der Waals surface area contributed by atoms with Crippen LogP contribution in [0.25, 0.3) is 11.2 Å². The van der Waals surface area contributed by atoms with Crippen LogP contribution >= 0.6 is 11.6 Å². The monoisotopic (exact) mass is 339 g/mol. The third kappa shape index (κ3) is 2.97. The van der Waals surface area contributed by atoms with E-state index in [0.29, 0.717) is 17.7 Å². The minimum absolute atomic E-state index is 0.0166. The van der Waals surface area contributed by atoms with Crippen molar-refractivity contribution in [1.82, 2.24) is 14.5 Å². The summed E-state index contributed by atoms with van der Waals surface area (Å²) in [4.78, 5) is 20.1. The Kier molecular flexibility index (Phi) is 4.24. The number of imidazole rings is 1. The quantitative estimate of drug-likeness (QED) is 0.743. The van der Waals surface area contributed by atoms with E-state index in [2.05, 4.69) is 21.3 Å². The molecular weight excluding hydrogens is 326 g/mol. The fourth-order valence-electron chi connectivity index (χ4n) is 2.63. The third-order valence-electron chi connectivity index (χ3n) is 3.76. The number of benzene rings is 1. The van der Waals surface area contributed by atoms with Crippen molar-refractivity contribution < 1.29 is 9.90 Å². The van der Waals surface area contributed by atoms with Crippen LogP contribution in [0.2, 0.25) is 0 Å². The van der Waals surface area contributed by atoms with Gasteiger partial charge in [0.2, 0.25) is 0 Å². The highest BCUT2D eigenvalue weighted by atomic mass is 35.5. The van der Waals surface area contributed by atoms with Gasteiger partial charge in [0.05, 0.1) is 6.54 Å². The first-order valence-electron chi connectivity index (χ1n) is 7.28. The summed E-state index contributed by atoms with van der Waals surface area (Å²) in [5, 5.41) is 11.6. The Hall–Kier alpha value is -2.84. The van der Waals surface area contributed by atoms with Crippen molar-refractivity contribution in [3.8, 4) is 11.3 Å². The van der Waals surface area contributed by atoms with Gasteiger partial charge in [-0.15, -0.1) is 0 Å². The van der Waals surface area contributed by atoms with Crippen molar-refractivity contribution in [2.75, 3.05) is 0 Å². The molecule has 0 fully saturated rings. The van der Waals surface area contributed by atoms with Crippen LogP contribution in [0.1, 0.15) is 33.0 Å². The molecule has 1 aromatic carbocycles. The fourth-order valence-corrected chi connectivity index (χ4v) is 2.74. The maximum Gasteiger partial charge on any atom is 0.354 e. The van der Waals surface area contributed by atoms with Crippen molar-refractivity contribution in [3.05, 3.63) is 58.5 Å². The van der Waals surface area contributed by atoms with E-state index < -0.39 is 5.97 Å². The van der Waals surface area contributed by atoms with E-state index >= 15 is 0 Å². The van der Waals surface area contributed by atoms with Crippen LogP contribution in [0, 0.1) is 25.1 Å². The number of carbonyl (C=O) groups is 1. The molecule has 5 nitrogen and oxygen atoms in total. The molecule has 0 atom stereocenters. The van der Waals surface area contributed by atoms with E-state index in [9.17, 15) is 9.90 Å². The lowest BCUT2D eigenvalue weighted by Crippen LogP contribution is -2.06. The highest BCUT2D eigenvalue weighted by Gasteiger charge is 2.15. The largest absolute Gasteiger partial charge is 0.477 e. The average Bonchev–Trinajstić information content (AvgIpc) is 2.85. The number of aromatic nitrogens is 3. The van der Waals surface area contributed by atoms with Crippen LogP contribution in [0.5, 0.6) is 0 Å². The number of fused-ring (bicyclic) bond motifs is 1. The topological polar surface area (TPSA) is 68.0 Å². The predicted octanol–water partition coefficient (Wildman–Crippen LogP) is 3.34. The number of aryl methyl sites for hydroxylation is 2. The molecule has 2 heterocycles. The highest BCUT2D eigenvalue weighted by Crippen LogP contribution is 2.20. The van der Waals surface area contributed by atoms with Crippen LogP contribution in [0.15, 0.2) is 30.3 Å². The van der Waals surface area contributed by atoms with E-state index in [-0.39, 0.29) is 5.69 Å². The number of nitrogens with zero attached hydrogens (tertiary/aromatic N) is 3. The van der Waals surface area contributed by atoms with Crippen molar-refractivity contribution in [3.63, 3.8) is 0 Å². The van der Waals surface area contributed by atoms with Crippen molar-refractivity contribution >= 4 is 28.7 Å². The lowest BCUT2D eigenvalue weighted by molar-refractivity contribution is 0.0690. The van der Waals surface area contributed by atoms with Gasteiger partial charge in [-0.25, -0.2) is 14.8 Å². The molecule has 24 heavy (non-hydrogen) atoms. The molecule has 120 valence electrons. The van der Waals surface area contributed by atoms with Crippen molar-refractivity contribution in [2.45, 2.75) is 20.4 Å². The van der Waals surface area contributed by atoms with Gasteiger partial charge in [-0.05, 0) is 60.7 Å². The van der Waals surface area contributed by atoms with Gasteiger partial charge < -0.3 is 9.67 Å². The SMILES string of the molecule is Cc1cc(C(=O)O)nc2c1nc(C)n2Cc1cccc(C#CCl)c1. The van der Waals surface area contributed by atoms with E-state index in [1.807, 2.05) is 42.7 Å². The van der Waals surface area contributed by atoms with E-state index in [1.165, 1.54) is 6.07 Å². The molecule has 0 unspecified atom stereocenters. The zero-order valence-corrected chi connectivity index (χ0v) is 13.9. The second kappa shape index (κ2) is 6.34. The highest BCUT2D eigenvalue weighted by molar-refractivity contribution is 6.30. The standard InChI is InChI=1S/C18H14ClN3O2/c1-11-8-15(18(23)24)21-17-16(11)20-12(2)22(17)10-14-5-3-4-13(9-14)6-7-19/h3-5,8-9H,10H2,1-2H3,(H,23,24). The molecule has 3 aromatic rings. The maximum absolute atomic E-state index is 11.3. The zero-order valence-electron chi connectivity index (χ0n) is 13.2. The fraction of sp³-hybridized carbons (Fsp3) is 0.167. The first-order chi connectivity index (χ1) is 11.5. The molecule has 0 aliphatic heterocycles. The second-order valence-corrected chi connectivity index (χ2v) is 5.66. The van der Waals surface area contributed by atoms with E-state index in [0.717, 1.165) is 22.5 Å². The minimum atomic E-state index is -1.05. The summed E-state index contributed by atoms with van der Waals surface area (Å²) >= 11 is 5.46. The summed E-state index contributed by atoms with van der Waals surface area (Å²) in [6.45, 7) is 4.24. The van der Waals surface area contributed by atoms with Crippen LogP contribution in [-0.4, -0.2) is 25.6 Å². The molecule has 0 aliphatic rings. The molecule has 0 amide bonds. The molecule has 2 aromatic heterocycles. The number of hydrogen-bond donors (Lipinski definition) is 1. The Labute approximate surface area is 143 Å². The predicted molar refractivity (Wildman–Crippen MR) is 92.2 cm³/mol. The Bertz CT molecular complexity index is 1010. The summed E-state index contributed by atoms with van der Waals surface area (Å²) in [6.07, 6.45) is 0. The summed E-state index contributed by atoms with van der Waals surface area (Å²) in [6, 6.07) is 9.23. The van der Waals surface area contributed by atoms with Gasteiger partial charge in [0.15, 0.2) is 11.3 Å². The van der Waals surface area contributed by atoms with Gasteiger partial charge in [-0.1, -0.05) is 12.1 Å². The number of carboxylic acid groups (broad SMARTS) is 1.